The molecule has 0 saturated carbocycles. The van der Waals surface area contributed by atoms with Crippen molar-refractivity contribution in [3.8, 4) is 0 Å². The van der Waals surface area contributed by atoms with Crippen molar-refractivity contribution in [2.24, 2.45) is 14.1 Å². The van der Waals surface area contributed by atoms with Gasteiger partial charge in [-0.2, -0.15) is 0 Å². The molecule has 0 saturated heterocycles. The average molecular weight is 392 g/mol. The van der Waals surface area contributed by atoms with Gasteiger partial charge in [-0.15, -0.1) is 0 Å². The van der Waals surface area contributed by atoms with Crippen molar-refractivity contribution < 1.29 is 9.59 Å². The first-order chi connectivity index (χ1) is 13.2. The van der Waals surface area contributed by atoms with Crippen molar-refractivity contribution in [3.63, 3.8) is 0 Å². The Morgan fingerprint density at radius 1 is 1.14 bits per heavy atom. The van der Waals surface area contributed by atoms with E-state index in [-0.39, 0.29) is 24.3 Å². The Morgan fingerprint density at radius 2 is 1.82 bits per heavy atom. The molecule has 2 amide bonds. The normalized spacial score (nSPS) is 13.3. The molecule has 10 nitrogen and oxygen atoms in total. The summed E-state index contributed by atoms with van der Waals surface area (Å²) in [5.41, 5.74) is -0.221. The van der Waals surface area contributed by atoms with Gasteiger partial charge in [0, 0.05) is 33.1 Å². The lowest BCUT2D eigenvalue weighted by Crippen LogP contribution is -2.47. The van der Waals surface area contributed by atoms with E-state index in [1.165, 1.54) is 17.9 Å². The molecule has 0 aliphatic heterocycles. The molecular formula is C18H28N6O4. The fourth-order valence-electron chi connectivity index (χ4n) is 2.83. The van der Waals surface area contributed by atoms with E-state index >= 15 is 0 Å². The number of aromatic nitrogens is 4. The van der Waals surface area contributed by atoms with E-state index in [2.05, 4.69) is 15.6 Å². The molecule has 0 aromatic carbocycles. The molecule has 2 heterocycles. The number of rotatable bonds is 8. The van der Waals surface area contributed by atoms with Crippen LogP contribution in [0.25, 0.3) is 11.2 Å². The van der Waals surface area contributed by atoms with Crippen LogP contribution in [0.3, 0.4) is 0 Å². The van der Waals surface area contributed by atoms with Crippen molar-refractivity contribution in [2.75, 3.05) is 0 Å². The second-order valence-corrected chi connectivity index (χ2v) is 7.03. The van der Waals surface area contributed by atoms with Crippen molar-refractivity contribution >= 4 is 23.0 Å². The monoisotopic (exact) mass is 392 g/mol. The Kier molecular flexibility index (Phi) is 6.76. The molecular weight excluding hydrogens is 364 g/mol. The molecule has 0 aliphatic carbocycles. The zero-order valence-corrected chi connectivity index (χ0v) is 17.0. The molecule has 2 unspecified atom stereocenters. The predicted molar refractivity (Wildman–Crippen MR) is 105 cm³/mol. The Morgan fingerprint density at radius 3 is 2.46 bits per heavy atom. The Labute approximate surface area is 162 Å². The molecule has 2 N–H and O–H groups in total. The lowest BCUT2D eigenvalue weighted by Gasteiger charge is -2.17. The maximum Gasteiger partial charge on any atom is 0.332 e. The molecule has 0 spiro atoms. The van der Waals surface area contributed by atoms with Crippen molar-refractivity contribution in [1.82, 2.24) is 29.3 Å². The van der Waals surface area contributed by atoms with Crippen LogP contribution in [-0.2, 0) is 30.2 Å². The summed E-state index contributed by atoms with van der Waals surface area (Å²) in [4.78, 5) is 52.6. The summed E-state index contributed by atoms with van der Waals surface area (Å²) in [6.45, 7) is 5.91. The highest BCUT2D eigenvalue weighted by Gasteiger charge is 2.17. The van der Waals surface area contributed by atoms with E-state index in [1.54, 1.807) is 18.5 Å². The van der Waals surface area contributed by atoms with E-state index in [9.17, 15) is 19.2 Å². The molecule has 2 aromatic rings. The van der Waals surface area contributed by atoms with Gasteiger partial charge in [-0.1, -0.05) is 6.92 Å². The number of hydrogen-bond acceptors (Lipinski definition) is 5. The molecule has 154 valence electrons. The number of aryl methyl sites for hydroxylation is 2. The highest BCUT2D eigenvalue weighted by Crippen LogP contribution is 2.07. The molecule has 28 heavy (non-hydrogen) atoms. The molecule has 2 atom stereocenters. The second-order valence-electron chi connectivity index (χ2n) is 7.03. The van der Waals surface area contributed by atoms with Crippen molar-refractivity contribution in [1.29, 1.82) is 0 Å². The molecule has 0 fully saturated rings. The number of nitrogens with zero attached hydrogens (tertiary/aromatic N) is 4. The van der Waals surface area contributed by atoms with Crippen molar-refractivity contribution in [2.45, 2.75) is 58.7 Å². The maximum atomic E-state index is 12.4. The Balaban J connectivity index is 1.97. The Hall–Kier alpha value is -2.91. The summed E-state index contributed by atoms with van der Waals surface area (Å²) >= 11 is 0. The van der Waals surface area contributed by atoms with Crippen LogP contribution in [0.4, 0.5) is 0 Å². The predicted octanol–water partition coefficient (Wildman–Crippen LogP) is -0.367. The third-order valence-corrected chi connectivity index (χ3v) is 4.79. The fraction of sp³-hybridized carbons (Fsp3) is 0.611. The Bertz CT molecular complexity index is 986. The number of carbonyl (C=O) groups excluding carboxylic acids is 2. The summed E-state index contributed by atoms with van der Waals surface area (Å²) < 4.78 is 3.99. The summed E-state index contributed by atoms with van der Waals surface area (Å²) in [7, 11) is 2.97. The largest absolute Gasteiger partial charge is 0.352 e. The number of carbonyl (C=O) groups is 2. The van der Waals surface area contributed by atoms with Gasteiger partial charge in [0.25, 0.3) is 5.56 Å². The third kappa shape index (κ3) is 4.49. The lowest BCUT2D eigenvalue weighted by atomic mass is 10.2. The van der Waals surface area contributed by atoms with Crippen LogP contribution in [0.5, 0.6) is 0 Å². The topological polar surface area (TPSA) is 120 Å². The van der Waals surface area contributed by atoms with E-state index in [0.29, 0.717) is 24.1 Å². The molecule has 2 aromatic heterocycles. The van der Waals surface area contributed by atoms with Gasteiger partial charge in [0.2, 0.25) is 11.8 Å². The van der Waals surface area contributed by atoms with Gasteiger partial charge < -0.3 is 15.2 Å². The fourth-order valence-corrected chi connectivity index (χ4v) is 2.83. The zero-order valence-electron chi connectivity index (χ0n) is 17.0. The van der Waals surface area contributed by atoms with Crippen LogP contribution in [0.15, 0.2) is 15.9 Å². The van der Waals surface area contributed by atoms with Crippen LogP contribution in [-0.4, -0.2) is 42.6 Å². The smallest absolute Gasteiger partial charge is 0.332 e. The number of hydrogen-bond donors (Lipinski definition) is 2. The number of imidazole rings is 1. The molecule has 0 radical (unpaired) electrons. The standard InChI is InChI=1S/C18H28N6O4/c1-6-11(2)20-16(26)12(3)21-13(25)8-7-9-24-10-19-15-14(24)17(27)23(5)18(28)22(15)4/h10-12H,6-9H2,1-5H3,(H,20,26)(H,21,25). The molecule has 10 heteroatoms. The van der Waals surface area contributed by atoms with E-state index in [1.807, 2.05) is 13.8 Å². The van der Waals surface area contributed by atoms with Gasteiger partial charge in [-0.05, 0) is 26.7 Å². The van der Waals surface area contributed by atoms with Gasteiger partial charge in [-0.25, -0.2) is 9.78 Å². The highest BCUT2D eigenvalue weighted by atomic mass is 16.2. The maximum absolute atomic E-state index is 12.4. The minimum atomic E-state index is -0.614. The SMILES string of the molecule is CCC(C)NC(=O)C(C)NC(=O)CCCn1cnc2c1c(=O)n(C)c(=O)n2C. The van der Waals surface area contributed by atoms with Crippen LogP contribution in [0, 0.1) is 0 Å². The number of amides is 2. The first-order valence-corrected chi connectivity index (χ1v) is 9.37. The van der Waals surface area contributed by atoms with Gasteiger partial charge in [-0.3, -0.25) is 23.5 Å². The summed E-state index contributed by atoms with van der Waals surface area (Å²) in [5, 5.41) is 5.50. The van der Waals surface area contributed by atoms with Crippen molar-refractivity contribution in [3.05, 3.63) is 27.2 Å². The molecule has 2 rings (SSSR count). The first kappa shape index (κ1) is 21.4. The van der Waals surface area contributed by atoms with E-state index in [0.717, 1.165) is 11.0 Å². The quantitative estimate of drug-likeness (QED) is 0.635. The third-order valence-electron chi connectivity index (χ3n) is 4.79. The van der Waals surface area contributed by atoms with Crippen LogP contribution in [0.1, 0.15) is 40.0 Å². The second kappa shape index (κ2) is 8.85. The average Bonchev–Trinajstić information content (AvgIpc) is 3.08. The van der Waals surface area contributed by atoms with E-state index < -0.39 is 17.3 Å². The first-order valence-electron chi connectivity index (χ1n) is 9.37. The van der Waals surface area contributed by atoms with E-state index in [4.69, 9.17) is 0 Å². The van der Waals surface area contributed by atoms with Gasteiger partial charge >= 0.3 is 5.69 Å². The molecule has 0 bridgehead atoms. The number of nitrogens with one attached hydrogen (secondary N) is 2. The van der Waals surface area contributed by atoms with Crippen LogP contribution >= 0.6 is 0 Å². The summed E-state index contributed by atoms with van der Waals surface area (Å²) in [6.07, 6.45) is 2.97. The minimum absolute atomic E-state index is 0.0555. The minimum Gasteiger partial charge on any atom is -0.352 e. The van der Waals surface area contributed by atoms with Gasteiger partial charge in [0.05, 0.1) is 6.33 Å². The van der Waals surface area contributed by atoms with Gasteiger partial charge in [0.1, 0.15) is 6.04 Å². The zero-order chi connectivity index (χ0) is 21.0. The summed E-state index contributed by atoms with van der Waals surface area (Å²) in [6, 6.07) is -0.558. The molecule has 0 aliphatic rings. The van der Waals surface area contributed by atoms with Crippen LogP contribution < -0.4 is 21.9 Å². The number of fused-ring (bicyclic) bond motifs is 1. The van der Waals surface area contributed by atoms with Crippen LogP contribution in [0.2, 0.25) is 0 Å². The summed E-state index contributed by atoms with van der Waals surface area (Å²) in [5.74, 6) is -0.454. The highest BCUT2D eigenvalue weighted by molar-refractivity contribution is 5.87. The lowest BCUT2D eigenvalue weighted by molar-refractivity contribution is -0.129. The van der Waals surface area contributed by atoms with Gasteiger partial charge in [0.15, 0.2) is 11.2 Å².